The van der Waals surface area contributed by atoms with Gasteiger partial charge in [0.15, 0.2) is 11.5 Å². The van der Waals surface area contributed by atoms with Crippen molar-refractivity contribution in [3.63, 3.8) is 0 Å². The molecule has 2 N–H and O–H groups in total. The number of para-hydroxylation sites is 1. The lowest BCUT2D eigenvalue weighted by Crippen LogP contribution is -2.23. The highest BCUT2D eigenvalue weighted by Crippen LogP contribution is 2.34. The summed E-state index contributed by atoms with van der Waals surface area (Å²) in [5.41, 5.74) is 1.39. The molecule has 2 aromatic rings. The average molecular weight is 415 g/mol. The molecular formula is C22H26N2O4S. The van der Waals surface area contributed by atoms with Crippen molar-refractivity contribution in [3.8, 4) is 11.5 Å². The second-order valence-corrected chi connectivity index (χ2v) is 8.14. The third kappa shape index (κ3) is 5.90. The van der Waals surface area contributed by atoms with E-state index in [1.54, 1.807) is 18.2 Å². The standard InChI is InChI=1S/C22H26N2O4S/c1-3-4-9-21(25)24-17-7-5-6-8-20(17)29-15(2)22(26)23-16-10-11-18-19(14-16)28-13-12-27-18/h5-8,10-11,14-15H,3-4,9,12-13H2,1-2H3,(H,23,26)(H,24,25)/t15-/m0/s1. The van der Waals surface area contributed by atoms with E-state index >= 15 is 0 Å². The van der Waals surface area contributed by atoms with E-state index in [-0.39, 0.29) is 17.1 Å². The summed E-state index contributed by atoms with van der Waals surface area (Å²) >= 11 is 1.41. The Morgan fingerprint density at radius 3 is 2.62 bits per heavy atom. The van der Waals surface area contributed by atoms with Crippen LogP contribution in [-0.4, -0.2) is 30.3 Å². The fourth-order valence-electron chi connectivity index (χ4n) is 2.83. The van der Waals surface area contributed by atoms with Crippen molar-refractivity contribution in [2.75, 3.05) is 23.8 Å². The zero-order valence-electron chi connectivity index (χ0n) is 16.7. The number of hydrogen-bond donors (Lipinski definition) is 2. The number of fused-ring (bicyclic) bond motifs is 1. The van der Waals surface area contributed by atoms with Crippen LogP contribution in [0.5, 0.6) is 11.5 Å². The first-order chi connectivity index (χ1) is 14.1. The minimum Gasteiger partial charge on any atom is -0.486 e. The van der Waals surface area contributed by atoms with E-state index in [0.29, 0.717) is 36.8 Å². The van der Waals surface area contributed by atoms with Gasteiger partial charge in [-0.25, -0.2) is 0 Å². The van der Waals surface area contributed by atoms with Crippen LogP contribution in [0.2, 0.25) is 0 Å². The van der Waals surface area contributed by atoms with Gasteiger partial charge in [0.2, 0.25) is 11.8 Å². The molecule has 154 valence electrons. The third-order valence-electron chi connectivity index (χ3n) is 4.40. The van der Waals surface area contributed by atoms with Crippen LogP contribution < -0.4 is 20.1 Å². The SMILES string of the molecule is CCCCC(=O)Nc1ccccc1S[C@@H](C)C(=O)Nc1ccc2c(c1)OCCO2. The molecule has 0 aromatic heterocycles. The minimum absolute atomic E-state index is 0.00622. The van der Waals surface area contributed by atoms with Crippen molar-refractivity contribution in [1.29, 1.82) is 0 Å². The fourth-order valence-corrected chi connectivity index (χ4v) is 3.78. The highest BCUT2D eigenvalue weighted by Gasteiger charge is 2.18. The van der Waals surface area contributed by atoms with Gasteiger partial charge in [-0.1, -0.05) is 25.5 Å². The van der Waals surface area contributed by atoms with Crippen molar-refractivity contribution in [2.45, 2.75) is 43.3 Å². The van der Waals surface area contributed by atoms with Crippen LogP contribution in [0.3, 0.4) is 0 Å². The molecule has 2 aromatic carbocycles. The van der Waals surface area contributed by atoms with Crippen LogP contribution in [0, 0.1) is 0 Å². The van der Waals surface area contributed by atoms with Crippen LogP contribution in [0.1, 0.15) is 33.1 Å². The van der Waals surface area contributed by atoms with Crippen molar-refractivity contribution < 1.29 is 19.1 Å². The van der Waals surface area contributed by atoms with Gasteiger partial charge in [0.1, 0.15) is 13.2 Å². The molecule has 29 heavy (non-hydrogen) atoms. The summed E-state index contributed by atoms with van der Waals surface area (Å²) in [4.78, 5) is 25.6. The van der Waals surface area contributed by atoms with E-state index in [4.69, 9.17) is 9.47 Å². The smallest absolute Gasteiger partial charge is 0.237 e. The maximum Gasteiger partial charge on any atom is 0.237 e. The average Bonchev–Trinajstić information content (AvgIpc) is 2.73. The van der Waals surface area contributed by atoms with E-state index in [2.05, 4.69) is 17.6 Å². The molecule has 3 rings (SSSR count). The Balaban J connectivity index is 1.62. The second-order valence-electron chi connectivity index (χ2n) is 6.76. The molecule has 2 amide bonds. The molecule has 0 radical (unpaired) electrons. The summed E-state index contributed by atoms with van der Waals surface area (Å²) in [6.07, 6.45) is 2.33. The largest absolute Gasteiger partial charge is 0.486 e. The van der Waals surface area contributed by atoms with Gasteiger partial charge in [-0.3, -0.25) is 9.59 Å². The molecule has 0 fully saturated rings. The first kappa shape index (κ1) is 21.0. The molecule has 1 atom stereocenters. The number of benzene rings is 2. The Morgan fingerprint density at radius 2 is 1.83 bits per heavy atom. The number of unbranched alkanes of at least 4 members (excludes halogenated alkanes) is 1. The first-order valence-corrected chi connectivity index (χ1v) is 10.7. The van der Waals surface area contributed by atoms with Crippen molar-refractivity contribution in [1.82, 2.24) is 0 Å². The van der Waals surface area contributed by atoms with Gasteiger partial charge in [0.25, 0.3) is 0 Å². The third-order valence-corrected chi connectivity index (χ3v) is 5.58. The lowest BCUT2D eigenvalue weighted by Gasteiger charge is -2.19. The quantitative estimate of drug-likeness (QED) is 0.612. The summed E-state index contributed by atoms with van der Waals surface area (Å²) in [5, 5.41) is 5.52. The van der Waals surface area contributed by atoms with Crippen LogP contribution >= 0.6 is 11.8 Å². The predicted octanol–water partition coefficient (Wildman–Crippen LogP) is 4.71. The van der Waals surface area contributed by atoms with Crippen molar-refractivity contribution >= 4 is 35.0 Å². The number of amides is 2. The summed E-state index contributed by atoms with van der Waals surface area (Å²) in [6, 6.07) is 12.9. The van der Waals surface area contributed by atoms with E-state index in [0.717, 1.165) is 23.4 Å². The molecule has 1 heterocycles. The van der Waals surface area contributed by atoms with Crippen LogP contribution in [0.25, 0.3) is 0 Å². The van der Waals surface area contributed by atoms with Crippen molar-refractivity contribution in [2.24, 2.45) is 0 Å². The van der Waals surface area contributed by atoms with Crippen LogP contribution in [-0.2, 0) is 9.59 Å². The number of anilines is 2. The summed E-state index contributed by atoms with van der Waals surface area (Å²) in [6.45, 7) is 4.92. The highest BCUT2D eigenvalue weighted by molar-refractivity contribution is 8.00. The van der Waals surface area contributed by atoms with Gasteiger partial charge in [0, 0.05) is 23.1 Å². The van der Waals surface area contributed by atoms with E-state index in [1.165, 1.54) is 11.8 Å². The topological polar surface area (TPSA) is 76.7 Å². The lowest BCUT2D eigenvalue weighted by molar-refractivity contribution is -0.116. The molecule has 0 spiro atoms. The number of rotatable bonds is 8. The zero-order valence-corrected chi connectivity index (χ0v) is 17.5. The van der Waals surface area contributed by atoms with E-state index < -0.39 is 0 Å². The van der Waals surface area contributed by atoms with Gasteiger partial charge < -0.3 is 20.1 Å². The Kier molecular flexibility index (Phi) is 7.41. The van der Waals surface area contributed by atoms with Gasteiger partial charge in [-0.15, -0.1) is 11.8 Å². The van der Waals surface area contributed by atoms with Gasteiger partial charge in [-0.05, 0) is 37.6 Å². The Morgan fingerprint density at radius 1 is 1.07 bits per heavy atom. The molecule has 0 saturated heterocycles. The Bertz CT molecular complexity index is 872. The maximum atomic E-state index is 12.7. The second kappa shape index (κ2) is 10.2. The normalized spacial score (nSPS) is 13.4. The lowest BCUT2D eigenvalue weighted by atomic mass is 10.2. The van der Waals surface area contributed by atoms with Crippen molar-refractivity contribution in [3.05, 3.63) is 42.5 Å². The summed E-state index contributed by atoms with van der Waals surface area (Å²) < 4.78 is 11.1. The number of nitrogens with one attached hydrogen (secondary N) is 2. The number of carbonyl (C=O) groups is 2. The fraction of sp³-hybridized carbons (Fsp3) is 0.364. The summed E-state index contributed by atoms with van der Waals surface area (Å²) in [5.74, 6) is 1.19. The molecule has 7 heteroatoms. The Hall–Kier alpha value is -2.67. The summed E-state index contributed by atoms with van der Waals surface area (Å²) in [7, 11) is 0. The molecule has 6 nitrogen and oxygen atoms in total. The number of thioether (sulfide) groups is 1. The van der Waals surface area contributed by atoms with Crippen LogP contribution in [0.4, 0.5) is 11.4 Å². The number of ether oxygens (including phenoxy) is 2. The number of hydrogen-bond acceptors (Lipinski definition) is 5. The molecule has 0 unspecified atom stereocenters. The Labute approximate surface area is 175 Å². The molecule has 0 aliphatic carbocycles. The highest BCUT2D eigenvalue weighted by atomic mass is 32.2. The molecule has 0 bridgehead atoms. The first-order valence-electron chi connectivity index (χ1n) is 9.83. The van der Waals surface area contributed by atoms with Gasteiger partial charge in [-0.2, -0.15) is 0 Å². The van der Waals surface area contributed by atoms with E-state index in [9.17, 15) is 9.59 Å². The van der Waals surface area contributed by atoms with E-state index in [1.807, 2.05) is 31.2 Å². The molecule has 0 saturated carbocycles. The molecule has 1 aliphatic heterocycles. The zero-order chi connectivity index (χ0) is 20.6. The number of carbonyl (C=O) groups excluding carboxylic acids is 2. The van der Waals surface area contributed by atoms with Crippen LogP contribution in [0.15, 0.2) is 47.4 Å². The molecular weight excluding hydrogens is 388 g/mol. The predicted molar refractivity (Wildman–Crippen MR) is 116 cm³/mol. The maximum absolute atomic E-state index is 12.7. The molecule has 1 aliphatic rings. The monoisotopic (exact) mass is 414 g/mol. The van der Waals surface area contributed by atoms with Gasteiger partial charge in [0.05, 0.1) is 10.9 Å². The van der Waals surface area contributed by atoms with Gasteiger partial charge >= 0.3 is 0 Å². The minimum atomic E-state index is -0.350.